The first-order valence-corrected chi connectivity index (χ1v) is 7.19. The Labute approximate surface area is 134 Å². The van der Waals surface area contributed by atoms with Gasteiger partial charge in [-0.2, -0.15) is 10.2 Å². The number of para-hydroxylation sites is 1. The molecule has 0 aliphatic heterocycles. The van der Waals surface area contributed by atoms with Crippen molar-refractivity contribution < 1.29 is 4.79 Å². The molecule has 0 spiro atoms. The van der Waals surface area contributed by atoms with E-state index in [1.807, 2.05) is 29.2 Å². The second-order valence-corrected chi connectivity index (χ2v) is 5.04. The van der Waals surface area contributed by atoms with E-state index in [2.05, 4.69) is 25.7 Å². The van der Waals surface area contributed by atoms with Gasteiger partial charge in [0.25, 0.3) is 5.56 Å². The zero-order chi connectivity index (χ0) is 16.9. The number of carbonyl (C=O) groups excluding carboxylic acids is 1. The van der Waals surface area contributed by atoms with Crippen LogP contribution in [0.3, 0.4) is 0 Å². The Morgan fingerprint density at radius 2 is 2.12 bits per heavy atom. The predicted molar refractivity (Wildman–Crippen MR) is 87.8 cm³/mol. The number of hydrogen-bond donors (Lipinski definition) is 4. The van der Waals surface area contributed by atoms with Crippen molar-refractivity contribution in [3.8, 4) is 0 Å². The van der Waals surface area contributed by atoms with Gasteiger partial charge in [-0.15, -0.1) is 0 Å². The van der Waals surface area contributed by atoms with Crippen LogP contribution in [-0.4, -0.2) is 32.3 Å². The van der Waals surface area contributed by atoms with Gasteiger partial charge in [-0.1, -0.05) is 18.2 Å². The van der Waals surface area contributed by atoms with Crippen LogP contribution in [0.15, 0.2) is 45.2 Å². The smallest absolute Gasteiger partial charge is 0.342 e. The van der Waals surface area contributed by atoms with Crippen molar-refractivity contribution in [3.63, 3.8) is 0 Å². The molecule has 0 atom stereocenters. The Morgan fingerprint density at radius 3 is 2.96 bits per heavy atom. The van der Waals surface area contributed by atoms with Crippen LogP contribution < -0.4 is 16.7 Å². The first kappa shape index (κ1) is 15.4. The van der Waals surface area contributed by atoms with Gasteiger partial charge in [0.05, 0.1) is 6.21 Å². The highest BCUT2D eigenvalue weighted by atomic mass is 16.2. The van der Waals surface area contributed by atoms with Gasteiger partial charge in [0.1, 0.15) is 5.69 Å². The average Bonchev–Trinajstić information content (AvgIpc) is 2.97. The van der Waals surface area contributed by atoms with E-state index >= 15 is 0 Å². The molecule has 0 saturated carbocycles. The van der Waals surface area contributed by atoms with Gasteiger partial charge in [0, 0.05) is 35.5 Å². The fourth-order valence-electron chi connectivity index (χ4n) is 2.20. The highest BCUT2D eigenvalue weighted by Crippen LogP contribution is 2.15. The lowest BCUT2D eigenvalue weighted by Crippen LogP contribution is -2.28. The van der Waals surface area contributed by atoms with E-state index in [0.29, 0.717) is 0 Å². The summed E-state index contributed by atoms with van der Waals surface area (Å²) in [5.41, 5.74) is 3.02. The van der Waals surface area contributed by atoms with Gasteiger partial charge in [-0.3, -0.25) is 14.6 Å². The molecule has 2 heterocycles. The van der Waals surface area contributed by atoms with Crippen LogP contribution in [0.2, 0.25) is 0 Å². The number of nitrogens with zero attached hydrogens (tertiary/aromatic N) is 2. The predicted octanol–water partition coefficient (Wildman–Crippen LogP) is 0.0224. The van der Waals surface area contributed by atoms with Crippen LogP contribution >= 0.6 is 0 Å². The molecule has 2 aromatic heterocycles. The monoisotopic (exact) mass is 326 g/mol. The molecule has 1 amide bonds. The van der Waals surface area contributed by atoms with E-state index in [-0.39, 0.29) is 24.4 Å². The van der Waals surface area contributed by atoms with E-state index < -0.39 is 11.2 Å². The standard InChI is InChI=1S/C15H14N6O3/c22-13(6-5-12-14(23)18-15(24)21-19-12)20-17-8-9-7-16-11-4-2-1-3-10(9)11/h1-4,7-8,16H,5-6H2,(H,20,22)(H2,18,21,23,24). The summed E-state index contributed by atoms with van der Waals surface area (Å²) in [7, 11) is 0. The van der Waals surface area contributed by atoms with Crippen molar-refractivity contribution in [1.82, 2.24) is 25.6 Å². The summed E-state index contributed by atoms with van der Waals surface area (Å²) in [5, 5.41) is 10.6. The van der Waals surface area contributed by atoms with E-state index in [4.69, 9.17) is 0 Å². The molecule has 0 bridgehead atoms. The third-order valence-electron chi connectivity index (χ3n) is 3.38. The van der Waals surface area contributed by atoms with E-state index in [0.717, 1.165) is 16.5 Å². The molecule has 3 aromatic rings. The lowest BCUT2D eigenvalue weighted by atomic mass is 10.2. The van der Waals surface area contributed by atoms with Crippen molar-refractivity contribution >= 4 is 23.0 Å². The minimum Gasteiger partial charge on any atom is -0.361 e. The molecule has 24 heavy (non-hydrogen) atoms. The summed E-state index contributed by atoms with van der Waals surface area (Å²) in [6, 6.07) is 7.73. The molecule has 0 aliphatic rings. The summed E-state index contributed by atoms with van der Waals surface area (Å²) >= 11 is 0. The number of aryl methyl sites for hydroxylation is 1. The van der Waals surface area contributed by atoms with Crippen LogP contribution in [0.5, 0.6) is 0 Å². The van der Waals surface area contributed by atoms with Crippen molar-refractivity contribution in [2.75, 3.05) is 0 Å². The molecule has 0 fully saturated rings. The number of amides is 1. The van der Waals surface area contributed by atoms with Gasteiger partial charge in [0.2, 0.25) is 5.91 Å². The fraction of sp³-hybridized carbons (Fsp3) is 0.133. The topological polar surface area (TPSA) is 136 Å². The maximum atomic E-state index is 11.7. The lowest BCUT2D eigenvalue weighted by Gasteiger charge is -1.99. The number of rotatable bonds is 5. The third-order valence-corrected chi connectivity index (χ3v) is 3.38. The highest BCUT2D eigenvalue weighted by molar-refractivity contribution is 5.99. The van der Waals surface area contributed by atoms with Crippen molar-refractivity contribution in [2.45, 2.75) is 12.8 Å². The Bertz CT molecular complexity index is 1010. The number of fused-ring (bicyclic) bond motifs is 1. The number of aromatic amines is 3. The maximum Gasteiger partial charge on any atom is 0.342 e. The number of hydrazone groups is 1. The fourth-order valence-corrected chi connectivity index (χ4v) is 2.20. The van der Waals surface area contributed by atoms with Gasteiger partial charge in [-0.05, 0) is 6.07 Å². The molecule has 0 aliphatic carbocycles. The first-order valence-electron chi connectivity index (χ1n) is 7.19. The molecule has 9 heteroatoms. The molecule has 0 radical (unpaired) electrons. The van der Waals surface area contributed by atoms with Crippen LogP contribution in [-0.2, 0) is 11.2 Å². The normalized spacial score (nSPS) is 11.2. The second kappa shape index (κ2) is 6.73. The molecule has 3 rings (SSSR count). The first-order chi connectivity index (χ1) is 11.6. The number of carbonyl (C=O) groups is 1. The molecule has 4 N–H and O–H groups in total. The van der Waals surface area contributed by atoms with Gasteiger partial charge >= 0.3 is 5.69 Å². The Balaban J connectivity index is 1.57. The number of aromatic nitrogens is 4. The second-order valence-electron chi connectivity index (χ2n) is 5.04. The summed E-state index contributed by atoms with van der Waals surface area (Å²) in [6.07, 6.45) is 3.46. The Hall–Kier alpha value is -3.49. The van der Waals surface area contributed by atoms with Crippen molar-refractivity contribution in [2.24, 2.45) is 5.10 Å². The van der Waals surface area contributed by atoms with Crippen molar-refractivity contribution in [3.05, 3.63) is 62.6 Å². The van der Waals surface area contributed by atoms with Crippen LogP contribution in [0.1, 0.15) is 17.7 Å². The zero-order valence-electron chi connectivity index (χ0n) is 12.5. The summed E-state index contributed by atoms with van der Waals surface area (Å²) in [6.45, 7) is 0. The Kier molecular flexibility index (Phi) is 4.32. The number of H-pyrrole nitrogens is 3. The third kappa shape index (κ3) is 3.46. The summed E-state index contributed by atoms with van der Waals surface area (Å²) in [4.78, 5) is 39.2. The lowest BCUT2D eigenvalue weighted by molar-refractivity contribution is -0.121. The summed E-state index contributed by atoms with van der Waals surface area (Å²) in [5.74, 6) is -0.363. The van der Waals surface area contributed by atoms with Crippen molar-refractivity contribution in [1.29, 1.82) is 0 Å². The summed E-state index contributed by atoms with van der Waals surface area (Å²) < 4.78 is 0. The SMILES string of the molecule is O=C(CCc1n[nH]c(=O)[nH]c1=O)NN=Cc1c[nH]c2ccccc12. The largest absolute Gasteiger partial charge is 0.361 e. The number of nitrogens with one attached hydrogen (secondary N) is 4. The van der Waals surface area contributed by atoms with Gasteiger partial charge in [0.15, 0.2) is 0 Å². The molecule has 0 unspecified atom stereocenters. The van der Waals surface area contributed by atoms with Crippen LogP contribution in [0.4, 0.5) is 0 Å². The average molecular weight is 326 g/mol. The molecule has 122 valence electrons. The highest BCUT2D eigenvalue weighted by Gasteiger charge is 2.06. The number of hydrogen-bond acceptors (Lipinski definition) is 5. The Morgan fingerprint density at radius 1 is 1.29 bits per heavy atom. The maximum absolute atomic E-state index is 11.7. The molecule has 1 aromatic carbocycles. The molecule has 9 nitrogen and oxygen atoms in total. The van der Waals surface area contributed by atoms with Crippen LogP contribution in [0.25, 0.3) is 10.9 Å². The molecule has 0 saturated heterocycles. The van der Waals surface area contributed by atoms with Crippen LogP contribution in [0, 0.1) is 0 Å². The molecular formula is C15H14N6O3. The van der Waals surface area contributed by atoms with E-state index in [9.17, 15) is 14.4 Å². The minimum absolute atomic E-state index is 0.0212. The van der Waals surface area contributed by atoms with E-state index in [1.54, 1.807) is 12.4 Å². The quantitative estimate of drug-likeness (QED) is 0.388. The number of benzene rings is 1. The minimum atomic E-state index is -0.684. The zero-order valence-corrected chi connectivity index (χ0v) is 12.5. The van der Waals surface area contributed by atoms with Gasteiger partial charge < -0.3 is 4.98 Å². The van der Waals surface area contributed by atoms with Gasteiger partial charge in [-0.25, -0.2) is 15.3 Å². The molecular weight excluding hydrogens is 312 g/mol. The van der Waals surface area contributed by atoms with E-state index in [1.165, 1.54) is 0 Å².